The van der Waals surface area contributed by atoms with Crippen molar-refractivity contribution in [2.24, 2.45) is 0 Å². The summed E-state index contributed by atoms with van der Waals surface area (Å²) in [7, 11) is 0. The van der Waals surface area contributed by atoms with E-state index in [-0.39, 0.29) is 18.6 Å². The van der Waals surface area contributed by atoms with Crippen LogP contribution in [0.2, 0.25) is 0 Å². The SMILES string of the molecule is O=C1CC[C@@H](c2ccc(Br)cc2)CN1C(CO)c1ccccc1. The molecule has 1 heterocycles. The zero-order chi connectivity index (χ0) is 16.2. The summed E-state index contributed by atoms with van der Waals surface area (Å²) in [5.74, 6) is 0.444. The summed E-state index contributed by atoms with van der Waals surface area (Å²) < 4.78 is 1.06. The average Bonchev–Trinajstić information content (AvgIpc) is 2.59. The van der Waals surface area contributed by atoms with E-state index in [1.165, 1.54) is 5.56 Å². The predicted molar refractivity (Wildman–Crippen MR) is 94.1 cm³/mol. The molecule has 4 heteroatoms. The monoisotopic (exact) mass is 373 g/mol. The Hall–Kier alpha value is -1.65. The van der Waals surface area contributed by atoms with Gasteiger partial charge >= 0.3 is 0 Å². The molecule has 0 saturated carbocycles. The minimum absolute atomic E-state index is 0.0528. The Bertz CT molecular complexity index is 657. The van der Waals surface area contributed by atoms with Gasteiger partial charge in [-0.3, -0.25) is 4.79 Å². The van der Waals surface area contributed by atoms with E-state index in [4.69, 9.17) is 0 Å². The number of nitrogens with zero attached hydrogens (tertiary/aromatic N) is 1. The van der Waals surface area contributed by atoms with Crippen LogP contribution in [0.4, 0.5) is 0 Å². The third kappa shape index (κ3) is 3.65. The normalized spacial score (nSPS) is 19.7. The molecule has 2 aromatic rings. The number of aliphatic hydroxyl groups is 1. The van der Waals surface area contributed by atoms with Crippen molar-refractivity contribution in [3.8, 4) is 0 Å². The van der Waals surface area contributed by atoms with Crippen molar-refractivity contribution in [1.82, 2.24) is 4.90 Å². The number of amides is 1. The molecule has 1 amide bonds. The second-order valence-corrected chi connectivity index (χ2v) is 6.86. The van der Waals surface area contributed by atoms with Gasteiger partial charge in [-0.05, 0) is 29.7 Å². The van der Waals surface area contributed by atoms with Gasteiger partial charge < -0.3 is 10.0 Å². The summed E-state index contributed by atoms with van der Waals surface area (Å²) in [5.41, 5.74) is 2.23. The molecule has 0 spiro atoms. The molecule has 0 bridgehead atoms. The van der Waals surface area contributed by atoms with Crippen molar-refractivity contribution < 1.29 is 9.90 Å². The number of piperidine rings is 1. The largest absolute Gasteiger partial charge is 0.394 e. The Morgan fingerprint density at radius 2 is 1.83 bits per heavy atom. The van der Waals surface area contributed by atoms with Gasteiger partial charge in [0, 0.05) is 23.4 Å². The van der Waals surface area contributed by atoms with Crippen LogP contribution in [0.25, 0.3) is 0 Å². The molecule has 3 rings (SSSR count). The molecule has 120 valence electrons. The van der Waals surface area contributed by atoms with E-state index in [1.807, 2.05) is 47.4 Å². The molecule has 1 aliphatic rings. The van der Waals surface area contributed by atoms with Gasteiger partial charge in [-0.1, -0.05) is 58.4 Å². The molecule has 2 atom stereocenters. The van der Waals surface area contributed by atoms with Gasteiger partial charge in [-0.25, -0.2) is 0 Å². The van der Waals surface area contributed by atoms with E-state index >= 15 is 0 Å². The highest BCUT2D eigenvalue weighted by molar-refractivity contribution is 9.10. The van der Waals surface area contributed by atoms with E-state index in [2.05, 4.69) is 28.1 Å². The van der Waals surface area contributed by atoms with Crippen LogP contribution in [0.15, 0.2) is 59.1 Å². The first-order valence-electron chi connectivity index (χ1n) is 7.90. The number of carbonyl (C=O) groups is 1. The van der Waals surface area contributed by atoms with Gasteiger partial charge in [0.05, 0.1) is 12.6 Å². The van der Waals surface area contributed by atoms with Crippen LogP contribution in [0, 0.1) is 0 Å². The minimum Gasteiger partial charge on any atom is -0.394 e. The number of aliphatic hydroxyl groups excluding tert-OH is 1. The highest BCUT2D eigenvalue weighted by Gasteiger charge is 2.32. The molecular weight excluding hydrogens is 354 g/mol. The standard InChI is InChI=1S/C19H20BrNO2/c20-17-9-6-14(7-10-17)16-8-11-19(23)21(12-16)18(13-22)15-4-2-1-3-5-15/h1-7,9-10,16,18,22H,8,11-13H2/t16-,18?/m1/s1. The summed E-state index contributed by atoms with van der Waals surface area (Å²) in [6, 6.07) is 17.8. The first-order chi connectivity index (χ1) is 11.2. The van der Waals surface area contributed by atoms with E-state index in [0.717, 1.165) is 16.5 Å². The molecular formula is C19H20BrNO2. The highest BCUT2D eigenvalue weighted by atomic mass is 79.9. The first kappa shape index (κ1) is 16.2. The Morgan fingerprint density at radius 1 is 1.13 bits per heavy atom. The lowest BCUT2D eigenvalue weighted by atomic mass is 9.89. The second kappa shape index (κ2) is 7.28. The number of likely N-dealkylation sites (tertiary alicyclic amines) is 1. The third-order valence-electron chi connectivity index (χ3n) is 4.52. The summed E-state index contributed by atoms with van der Waals surface area (Å²) in [6.45, 7) is 0.601. The molecule has 23 heavy (non-hydrogen) atoms. The van der Waals surface area contributed by atoms with Gasteiger partial charge in [0.2, 0.25) is 5.91 Å². The van der Waals surface area contributed by atoms with Crippen molar-refractivity contribution in [2.75, 3.05) is 13.2 Å². The molecule has 3 nitrogen and oxygen atoms in total. The van der Waals surface area contributed by atoms with Crippen molar-refractivity contribution in [3.05, 3.63) is 70.2 Å². The molecule has 0 aromatic heterocycles. The molecule has 1 fully saturated rings. The van der Waals surface area contributed by atoms with Gasteiger partial charge in [0.1, 0.15) is 0 Å². The molecule has 1 N–H and O–H groups in total. The van der Waals surface area contributed by atoms with Gasteiger partial charge in [-0.15, -0.1) is 0 Å². The number of halogens is 1. The molecule has 1 aliphatic heterocycles. The van der Waals surface area contributed by atoms with Crippen molar-refractivity contribution in [1.29, 1.82) is 0 Å². The quantitative estimate of drug-likeness (QED) is 0.882. The highest BCUT2D eigenvalue weighted by Crippen LogP contribution is 2.33. The summed E-state index contributed by atoms with van der Waals surface area (Å²) >= 11 is 3.46. The fourth-order valence-electron chi connectivity index (χ4n) is 3.24. The van der Waals surface area contributed by atoms with Crippen LogP contribution in [-0.4, -0.2) is 29.1 Å². The fourth-order valence-corrected chi connectivity index (χ4v) is 3.50. The molecule has 1 unspecified atom stereocenters. The van der Waals surface area contributed by atoms with Crippen LogP contribution in [0.5, 0.6) is 0 Å². The minimum atomic E-state index is -0.262. The molecule has 1 saturated heterocycles. The van der Waals surface area contributed by atoms with E-state index in [9.17, 15) is 9.90 Å². The van der Waals surface area contributed by atoms with Crippen LogP contribution in [0.1, 0.15) is 35.9 Å². The van der Waals surface area contributed by atoms with E-state index in [0.29, 0.717) is 18.9 Å². The zero-order valence-corrected chi connectivity index (χ0v) is 14.4. The molecule has 2 aromatic carbocycles. The number of hydrogen-bond donors (Lipinski definition) is 1. The smallest absolute Gasteiger partial charge is 0.223 e. The lowest BCUT2D eigenvalue weighted by molar-refractivity contribution is -0.137. The Labute approximate surface area is 145 Å². The summed E-state index contributed by atoms with van der Waals surface area (Å²) in [4.78, 5) is 14.2. The average molecular weight is 374 g/mol. The molecule has 0 aliphatic carbocycles. The number of carbonyl (C=O) groups excluding carboxylic acids is 1. The van der Waals surface area contributed by atoms with Crippen molar-refractivity contribution in [2.45, 2.75) is 24.8 Å². The fraction of sp³-hybridized carbons (Fsp3) is 0.316. The maximum absolute atomic E-state index is 12.4. The number of hydrogen-bond acceptors (Lipinski definition) is 2. The Morgan fingerprint density at radius 3 is 2.48 bits per heavy atom. The van der Waals surface area contributed by atoms with Crippen LogP contribution in [-0.2, 0) is 4.79 Å². The third-order valence-corrected chi connectivity index (χ3v) is 5.05. The van der Waals surface area contributed by atoms with Crippen LogP contribution >= 0.6 is 15.9 Å². The summed E-state index contributed by atoms with van der Waals surface area (Å²) in [6.07, 6.45) is 1.40. The Kier molecular flexibility index (Phi) is 5.13. The van der Waals surface area contributed by atoms with Crippen LogP contribution < -0.4 is 0 Å². The number of benzene rings is 2. The lowest BCUT2D eigenvalue weighted by Gasteiger charge is -2.38. The van der Waals surface area contributed by atoms with Gasteiger partial charge in [-0.2, -0.15) is 0 Å². The lowest BCUT2D eigenvalue weighted by Crippen LogP contribution is -2.42. The first-order valence-corrected chi connectivity index (χ1v) is 8.69. The maximum Gasteiger partial charge on any atom is 0.223 e. The van der Waals surface area contributed by atoms with Crippen molar-refractivity contribution in [3.63, 3.8) is 0 Å². The van der Waals surface area contributed by atoms with Crippen molar-refractivity contribution >= 4 is 21.8 Å². The van der Waals surface area contributed by atoms with E-state index < -0.39 is 0 Å². The summed E-state index contributed by atoms with van der Waals surface area (Å²) in [5, 5.41) is 9.84. The van der Waals surface area contributed by atoms with Gasteiger partial charge in [0.15, 0.2) is 0 Å². The predicted octanol–water partition coefficient (Wildman–Crippen LogP) is 3.89. The van der Waals surface area contributed by atoms with Crippen LogP contribution in [0.3, 0.4) is 0 Å². The zero-order valence-electron chi connectivity index (χ0n) is 12.9. The second-order valence-electron chi connectivity index (χ2n) is 5.94. The number of rotatable bonds is 4. The topological polar surface area (TPSA) is 40.5 Å². The van der Waals surface area contributed by atoms with E-state index in [1.54, 1.807) is 0 Å². The Balaban J connectivity index is 1.82. The molecule has 0 radical (unpaired) electrons. The van der Waals surface area contributed by atoms with Gasteiger partial charge in [0.25, 0.3) is 0 Å². The maximum atomic E-state index is 12.4.